The first-order valence-corrected chi connectivity index (χ1v) is 7.48. The number of carbonyl (C=O) groups is 1. The van der Waals surface area contributed by atoms with E-state index in [1.54, 1.807) is 4.90 Å². The third-order valence-electron chi connectivity index (χ3n) is 3.44. The monoisotopic (exact) mass is 337 g/mol. The summed E-state index contributed by atoms with van der Waals surface area (Å²) in [4.78, 5) is 17.5. The topological polar surface area (TPSA) is 59.2 Å². The van der Waals surface area contributed by atoms with Gasteiger partial charge in [0.2, 0.25) is 0 Å². The van der Waals surface area contributed by atoms with E-state index in [1.165, 1.54) is 0 Å². The summed E-state index contributed by atoms with van der Waals surface area (Å²) in [6, 6.07) is 11.3. The summed E-state index contributed by atoms with van der Waals surface area (Å²) in [6.07, 6.45) is -2.96. The molecule has 4 nitrogen and oxygen atoms in total. The summed E-state index contributed by atoms with van der Waals surface area (Å²) in [6.45, 7) is 1.20. The number of aromatic nitrogens is 1. The summed E-state index contributed by atoms with van der Waals surface area (Å²) < 4.78 is 37.7. The van der Waals surface area contributed by atoms with E-state index in [0.29, 0.717) is 26.1 Å². The van der Waals surface area contributed by atoms with E-state index in [9.17, 15) is 18.0 Å². The van der Waals surface area contributed by atoms with Crippen LogP contribution in [0.4, 0.5) is 13.2 Å². The standard InChI is InChI=1S/C17H18F3N3O/c18-17(19,20)15-8-7-14(11-22-15)16(24)23(10-4-9-21)12-13-5-2-1-3-6-13/h1-3,5-8,11H,4,9-10,12,21H2. The molecule has 0 saturated heterocycles. The normalized spacial score (nSPS) is 11.3. The van der Waals surface area contributed by atoms with Crippen molar-refractivity contribution in [2.24, 2.45) is 5.73 Å². The van der Waals surface area contributed by atoms with Crippen LogP contribution in [0.25, 0.3) is 0 Å². The van der Waals surface area contributed by atoms with Crippen LogP contribution >= 0.6 is 0 Å². The lowest BCUT2D eigenvalue weighted by atomic mass is 10.1. The number of hydrogen-bond acceptors (Lipinski definition) is 3. The van der Waals surface area contributed by atoms with Crippen LogP contribution in [0.2, 0.25) is 0 Å². The summed E-state index contributed by atoms with van der Waals surface area (Å²) in [5.41, 5.74) is 5.54. The first-order chi connectivity index (χ1) is 11.4. The van der Waals surface area contributed by atoms with E-state index >= 15 is 0 Å². The average molecular weight is 337 g/mol. The zero-order valence-corrected chi connectivity index (χ0v) is 13.0. The predicted octanol–water partition coefficient (Wildman–Crippen LogP) is 3.09. The molecule has 0 aliphatic carbocycles. The van der Waals surface area contributed by atoms with Crippen LogP contribution < -0.4 is 5.73 Å². The maximum atomic E-state index is 12.6. The van der Waals surface area contributed by atoms with Gasteiger partial charge in [0, 0.05) is 19.3 Å². The number of halogens is 3. The fourth-order valence-corrected chi connectivity index (χ4v) is 2.21. The molecular weight excluding hydrogens is 319 g/mol. The molecule has 1 amide bonds. The largest absolute Gasteiger partial charge is 0.433 e. The lowest BCUT2D eigenvalue weighted by Crippen LogP contribution is -2.32. The molecule has 1 heterocycles. The fraction of sp³-hybridized carbons (Fsp3) is 0.294. The second-order valence-corrected chi connectivity index (χ2v) is 5.28. The summed E-state index contributed by atoms with van der Waals surface area (Å²) in [5.74, 6) is -0.367. The number of carbonyl (C=O) groups excluding carboxylic acids is 1. The maximum absolute atomic E-state index is 12.6. The second-order valence-electron chi connectivity index (χ2n) is 5.28. The molecule has 0 saturated carbocycles. The zero-order valence-electron chi connectivity index (χ0n) is 13.0. The number of hydrogen-bond donors (Lipinski definition) is 1. The van der Waals surface area contributed by atoms with Crippen molar-refractivity contribution in [1.82, 2.24) is 9.88 Å². The number of nitrogens with zero attached hydrogens (tertiary/aromatic N) is 2. The number of rotatable bonds is 6. The van der Waals surface area contributed by atoms with E-state index < -0.39 is 11.9 Å². The van der Waals surface area contributed by atoms with Gasteiger partial charge in [-0.1, -0.05) is 30.3 Å². The van der Waals surface area contributed by atoms with Crippen molar-refractivity contribution in [3.63, 3.8) is 0 Å². The first kappa shape index (κ1) is 17.9. The predicted molar refractivity (Wildman–Crippen MR) is 84.1 cm³/mol. The van der Waals surface area contributed by atoms with Gasteiger partial charge in [0.1, 0.15) is 5.69 Å². The van der Waals surface area contributed by atoms with Gasteiger partial charge >= 0.3 is 6.18 Å². The molecule has 1 aromatic carbocycles. The lowest BCUT2D eigenvalue weighted by molar-refractivity contribution is -0.141. The van der Waals surface area contributed by atoms with Crippen LogP contribution in [-0.4, -0.2) is 28.9 Å². The Balaban J connectivity index is 2.17. The second kappa shape index (κ2) is 7.92. The van der Waals surface area contributed by atoms with Crippen LogP contribution in [0.5, 0.6) is 0 Å². The van der Waals surface area contributed by atoms with Gasteiger partial charge in [0.15, 0.2) is 0 Å². The van der Waals surface area contributed by atoms with Gasteiger partial charge in [-0.25, -0.2) is 0 Å². The number of nitrogens with two attached hydrogens (primary N) is 1. The highest BCUT2D eigenvalue weighted by Crippen LogP contribution is 2.27. The fourth-order valence-electron chi connectivity index (χ4n) is 2.21. The molecule has 2 aromatic rings. The van der Waals surface area contributed by atoms with Crippen molar-refractivity contribution in [1.29, 1.82) is 0 Å². The SMILES string of the molecule is NCCCN(Cc1ccccc1)C(=O)c1ccc(C(F)(F)F)nc1. The van der Waals surface area contributed by atoms with Gasteiger partial charge in [0.25, 0.3) is 5.91 Å². The van der Waals surface area contributed by atoms with Crippen LogP contribution in [-0.2, 0) is 12.7 Å². The van der Waals surface area contributed by atoms with Crippen molar-refractivity contribution in [2.45, 2.75) is 19.1 Å². The summed E-state index contributed by atoms with van der Waals surface area (Å²) >= 11 is 0. The smallest absolute Gasteiger partial charge is 0.334 e. The van der Waals surface area contributed by atoms with Crippen molar-refractivity contribution in [3.8, 4) is 0 Å². The van der Waals surface area contributed by atoms with E-state index in [-0.39, 0.29) is 11.5 Å². The quantitative estimate of drug-likeness (QED) is 0.881. The first-order valence-electron chi connectivity index (χ1n) is 7.48. The number of pyridine rings is 1. The molecular formula is C17H18F3N3O. The van der Waals surface area contributed by atoms with Crippen LogP contribution in [0.3, 0.4) is 0 Å². The van der Waals surface area contributed by atoms with Gasteiger partial charge in [0.05, 0.1) is 5.56 Å². The van der Waals surface area contributed by atoms with E-state index in [2.05, 4.69) is 4.98 Å². The van der Waals surface area contributed by atoms with Crippen molar-refractivity contribution in [3.05, 3.63) is 65.5 Å². The molecule has 0 atom stereocenters. The highest BCUT2D eigenvalue weighted by atomic mass is 19.4. The third-order valence-corrected chi connectivity index (χ3v) is 3.44. The van der Waals surface area contributed by atoms with Gasteiger partial charge in [-0.15, -0.1) is 0 Å². The average Bonchev–Trinajstić information content (AvgIpc) is 2.58. The zero-order chi connectivity index (χ0) is 17.6. The van der Waals surface area contributed by atoms with Crippen molar-refractivity contribution < 1.29 is 18.0 Å². The highest BCUT2D eigenvalue weighted by molar-refractivity contribution is 5.93. The minimum absolute atomic E-state index is 0.121. The Bertz CT molecular complexity index is 657. The number of amides is 1. The van der Waals surface area contributed by atoms with Gasteiger partial charge in [-0.2, -0.15) is 13.2 Å². The molecule has 2 N–H and O–H groups in total. The molecule has 0 radical (unpaired) electrons. The third kappa shape index (κ3) is 4.79. The molecule has 0 unspecified atom stereocenters. The molecule has 0 spiro atoms. The van der Waals surface area contributed by atoms with Gasteiger partial charge in [-0.05, 0) is 30.7 Å². The number of alkyl halides is 3. The Hall–Kier alpha value is -2.41. The van der Waals surface area contributed by atoms with Gasteiger partial charge < -0.3 is 10.6 Å². The minimum Gasteiger partial charge on any atom is -0.334 e. The molecule has 24 heavy (non-hydrogen) atoms. The van der Waals surface area contributed by atoms with E-state index in [0.717, 1.165) is 23.9 Å². The molecule has 0 aliphatic heterocycles. The number of benzene rings is 1. The Morgan fingerprint density at radius 3 is 2.38 bits per heavy atom. The Morgan fingerprint density at radius 2 is 1.83 bits per heavy atom. The molecule has 128 valence electrons. The molecule has 0 fully saturated rings. The van der Waals surface area contributed by atoms with Crippen LogP contribution in [0, 0.1) is 0 Å². The van der Waals surface area contributed by atoms with E-state index in [1.807, 2.05) is 30.3 Å². The molecule has 2 rings (SSSR count). The Morgan fingerprint density at radius 1 is 1.12 bits per heavy atom. The Labute approximate surface area is 138 Å². The molecule has 0 aliphatic rings. The Kier molecular flexibility index (Phi) is 5.92. The summed E-state index contributed by atoms with van der Waals surface area (Å²) in [7, 11) is 0. The van der Waals surface area contributed by atoms with Crippen LogP contribution in [0.1, 0.15) is 28.0 Å². The maximum Gasteiger partial charge on any atom is 0.433 e. The lowest BCUT2D eigenvalue weighted by Gasteiger charge is -2.23. The molecule has 0 bridgehead atoms. The van der Waals surface area contributed by atoms with Crippen LogP contribution in [0.15, 0.2) is 48.7 Å². The van der Waals surface area contributed by atoms with Crippen molar-refractivity contribution >= 4 is 5.91 Å². The van der Waals surface area contributed by atoms with Gasteiger partial charge in [-0.3, -0.25) is 9.78 Å². The van der Waals surface area contributed by atoms with E-state index in [4.69, 9.17) is 5.73 Å². The highest BCUT2D eigenvalue weighted by Gasteiger charge is 2.32. The molecule has 7 heteroatoms. The minimum atomic E-state index is -4.52. The summed E-state index contributed by atoms with van der Waals surface area (Å²) in [5, 5.41) is 0. The van der Waals surface area contributed by atoms with Crippen molar-refractivity contribution in [2.75, 3.05) is 13.1 Å². The molecule has 1 aromatic heterocycles.